The predicted molar refractivity (Wildman–Crippen MR) is 115 cm³/mol. The summed E-state index contributed by atoms with van der Waals surface area (Å²) in [7, 11) is 0. The van der Waals surface area contributed by atoms with E-state index in [1.807, 2.05) is 24.7 Å². The van der Waals surface area contributed by atoms with E-state index in [9.17, 15) is 0 Å². The van der Waals surface area contributed by atoms with Crippen LogP contribution < -0.4 is 0 Å². The van der Waals surface area contributed by atoms with Crippen molar-refractivity contribution in [3.05, 3.63) is 94.8 Å². The quantitative estimate of drug-likeness (QED) is 0.446. The van der Waals surface area contributed by atoms with Gasteiger partial charge in [0.25, 0.3) is 0 Å². The number of thiophene rings is 1. The summed E-state index contributed by atoms with van der Waals surface area (Å²) in [5.74, 6) is 0. The molecule has 0 saturated carbocycles. The number of pyridine rings is 1. The number of nitrogens with zero attached hydrogens (tertiary/aromatic N) is 3. The highest BCUT2D eigenvalue weighted by molar-refractivity contribution is 7.13. The van der Waals surface area contributed by atoms with E-state index >= 15 is 0 Å². The molecule has 4 aromatic rings. The SMILES string of the molecule is CCc1ccc(CN(Cc2cccnc2)Cc2cn[nH]c2-c2cccs2)cc1. The van der Waals surface area contributed by atoms with Crippen LogP contribution in [0.25, 0.3) is 10.6 Å². The van der Waals surface area contributed by atoms with Crippen LogP contribution in [0.2, 0.25) is 0 Å². The van der Waals surface area contributed by atoms with Crippen molar-refractivity contribution in [1.82, 2.24) is 20.1 Å². The number of benzene rings is 1. The Morgan fingerprint density at radius 2 is 1.71 bits per heavy atom. The summed E-state index contributed by atoms with van der Waals surface area (Å²) in [4.78, 5) is 7.95. The van der Waals surface area contributed by atoms with Gasteiger partial charge in [0.1, 0.15) is 0 Å². The third-order valence-corrected chi connectivity index (χ3v) is 5.73. The number of rotatable bonds is 8. The number of hydrogen-bond donors (Lipinski definition) is 1. The molecule has 0 saturated heterocycles. The second-order valence-electron chi connectivity index (χ2n) is 6.92. The fourth-order valence-corrected chi connectivity index (χ4v) is 4.12. The van der Waals surface area contributed by atoms with Crippen molar-refractivity contribution in [3.8, 4) is 10.6 Å². The second kappa shape index (κ2) is 8.95. The lowest BCUT2D eigenvalue weighted by atomic mass is 10.1. The maximum Gasteiger partial charge on any atom is 0.0794 e. The number of aromatic amines is 1. The van der Waals surface area contributed by atoms with Crippen LogP contribution in [-0.4, -0.2) is 20.1 Å². The first-order valence-electron chi connectivity index (χ1n) is 9.57. The van der Waals surface area contributed by atoms with Gasteiger partial charge in [-0.2, -0.15) is 5.10 Å². The van der Waals surface area contributed by atoms with Gasteiger partial charge in [0.05, 0.1) is 16.8 Å². The number of H-pyrrole nitrogens is 1. The molecule has 4 nitrogen and oxygen atoms in total. The first kappa shape index (κ1) is 18.6. The molecule has 0 atom stereocenters. The minimum absolute atomic E-state index is 0.828. The largest absolute Gasteiger partial charge is 0.290 e. The predicted octanol–water partition coefficient (Wildman–Crippen LogP) is 5.30. The van der Waals surface area contributed by atoms with Crippen LogP contribution in [0.5, 0.6) is 0 Å². The van der Waals surface area contributed by atoms with Gasteiger partial charge < -0.3 is 0 Å². The monoisotopic (exact) mass is 388 g/mol. The van der Waals surface area contributed by atoms with Crippen molar-refractivity contribution in [2.24, 2.45) is 0 Å². The zero-order valence-electron chi connectivity index (χ0n) is 16.0. The van der Waals surface area contributed by atoms with E-state index in [1.165, 1.54) is 27.1 Å². The topological polar surface area (TPSA) is 44.8 Å². The Bertz CT molecular complexity index is 975. The van der Waals surface area contributed by atoms with Gasteiger partial charge in [-0.15, -0.1) is 11.3 Å². The van der Waals surface area contributed by atoms with E-state index in [0.717, 1.165) is 31.7 Å². The van der Waals surface area contributed by atoms with Crippen molar-refractivity contribution >= 4 is 11.3 Å². The lowest BCUT2D eigenvalue weighted by molar-refractivity contribution is 0.248. The van der Waals surface area contributed by atoms with Crippen molar-refractivity contribution in [2.75, 3.05) is 0 Å². The van der Waals surface area contributed by atoms with Crippen LogP contribution in [-0.2, 0) is 26.1 Å². The average Bonchev–Trinajstić information content (AvgIpc) is 3.41. The molecule has 0 bridgehead atoms. The number of hydrogen-bond acceptors (Lipinski definition) is 4. The standard InChI is InChI=1S/C23H24N4S/c1-2-18-7-9-19(10-8-18)15-27(16-20-5-3-11-24-13-20)17-21-14-25-26-23(21)22-6-4-12-28-22/h3-14H,2,15-17H2,1H3,(H,25,26). The zero-order chi connectivity index (χ0) is 19.2. The summed E-state index contributed by atoms with van der Waals surface area (Å²) < 4.78 is 0. The van der Waals surface area contributed by atoms with Gasteiger partial charge in [-0.1, -0.05) is 43.3 Å². The summed E-state index contributed by atoms with van der Waals surface area (Å²) in [6.45, 7) is 4.75. The molecule has 4 rings (SSSR count). The first-order chi connectivity index (χ1) is 13.8. The molecule has 1 N–H and O–H groups in total. The molecule has 0 unspecified atom stereocenters. The summed E-state index contributed by atoms with van der Waals surface area (Å²) in [6.07, 6.45) is 6.79. The smallest absolute Gasteiger partial charge is 0.0794 e. The third kappa shape index (κ3) is 4.55. The first-order valence-corrected chi connectivity index (χ1v) is 10.4. The summed E-state index contributed by atoms with van der Waals surface area (Å²) >= 11 is 1.73. The molecule has 0 radical (unpaired) electrons. The maximum atomic E-state index is 4.31. The number of aromatic nitrogens is 3. The minimum atomic E-state index is 0.828. The summed E-state index contributed by atoms with van der Waals surface area (Å²) in [5, 5.41) is 9.59. The van der Waals surface area contributed by atoms with Crippen LogP contribution >= 0.6 is 11.3 Å². The lowest BCUT2D eigenvalue weighted by Crippen LogP contribution is -2.22. The third-order valence-electron chi connectivity index (χ3n) is 4.85. The van der Waals surface area contributed by atoms with Crippen LogP contribution in [0.15, 0.2) is 72.5 Å². The molecule has 0 aliphatic rings. The zero-order valence-corrected chi connectivity index (χ0v) is 16.8. The molecule has 0 amide bonds. The van der Waals surface area contributed by atoms with Crippen molar-refractivity contribution in [2.45, 2.75) is 33.0 Å². The fourth-order valence-electron chi connectivity index (χ4n) is 3.36. The number of aryl methyl sites for hydroxylation is 1. The van der Waals surface area contributed by atoms with Crippen molar-refractivity contribution in [3.63, 3.8) is 0 Å². The molecular weight excluding hydrogens is 364 g/mol. The van der Waals surface area contributed by atoms with Gasteiger partial charge in [-0.25, -0.2) is 0 Å². The van der Waals surface area contributed by atoms with Gasteiger partial charge in [0.2, 0.25) is 0 Å². The molecule has 0 aliphatic carbocycles. The Balaban J connectivity index is 1.57. The van der Waals surface area contributed by atoms with Gasteiger partial charge in [-0.3, -0.25) is 15.0 Å². The molecule has 142 valence electrons. The van der Waals surface area contributed by atoms with Gasteiger partial charge in [-0.05, 0) is 40.6 Å². The highest BCUT2D eigenvalue weighted by Crippen LogP contribution is 2.27. The summed E-state index contributed by atoms with van der Waals surface area (Å²) in [6, 6.07) is 17.3. The Morgan fingerprint density at radius 3 is 2.43 bits per heavy atom. The van der Waals surface area contributed by atoms with Crippen LogP contribution in [0.3, 0.4) is 0 Å². The average molecular weight is 389 g/mol. The van der Waals surface area contributed by atoms with Crippen molar-refractivity contribution in [1.29, 1.82) is 0 Å². The fraction of sp³-hybridized carbons (Fsp3) is 0.217. The van der Waals surface area contributed by atoms with Crippen LogP contribution in [0, 0.1) is 0 Å². The molecular formula is C23H24N4S. The van der Waals surface area contributed by atoms with E-state index in [4.69, 9.17) is 0 Å². The molecule has 0 aliphatic heterocycles. The van der Waals surface area contributed by atoms with E-state index in [1.54, 1.807) is 11.3 Å². The van der Waals surface area contributed by atoms with Gasteiger partial charge in [0.15, 0.2) is 0 Å². The van der Waals surface area contributed by atoms with E-state index in [-0.39, 0.29) is 0 Å². The van der Waals surface area contributed by atoms with Crippen molar-refractivity contribution < 1.29 is 0 Å². The molecule has 1 aromatic carbocycles. The Hall–Kier alpha value is -2.76. The highest BCUT2D eigenvalue weighted by Gasteiger charge is 2.14. The van der Waals surface area contributed by atoms with E-state index in [0.29, 0.717) is 0 Å². The summed E-state index contributed by atoms with van der Waals surface area (Å²) in [5.41, 5.74) is 6.25. The minimum Gasteiger partial charge on any atom is -0.290 e. The van der Waals surface area contributed by atoms with Gasteiger partial charge >= 0.3 is 0 Å². The number of nitrogens with one attached hydrogen (secondary N) is 1. The van der Waals surface area contributed by atoms with Crippen LogP contribution in [0.1, 0.15) is 29.2 Å². The Labute approximate surface area is 169 Å². The Kier molecular flexibility index (Phi) is 5.95. The molecule has 0 fully saturated rings. The normalized spacial score (nSPS) is 11.2. The molecule has 3 aromatic heterocycles. The molecule has 3 heterocycles. The maximum absolute atomic E-state index is 4.31. The van der Waals surface area contributed by atoms with E-state index in [2.05, 4.69) is 74.8 Å². The molecule has 28 heavy (non-hydrogen) atoms. The van der Waals surface area contributed by atoms with E-state index < -0.39 is 0 Å². The highest BCUT2D eigenvalue weighted by atomic mass is 32.1. The second-order valence-corrected chi connectivity index (χ2v) is 7.87. The lowest BCUT2D eigenvalue weighted by Gasteiger charge is -2.22. The van der Waals surface area contributed by atoms with Crippen LogP contribution in [0.4, 0.5) is 0 Å². The molecule has 0 spiro atoms. The Morgan fingerprint density at radius 1 is 0.893 bits per heavy atom. The van der Waals surface area contributed by atoms with Gasteiger partial charge in [0, 0.05) is 37.6 Å². The molecule has 5 heteroatoms.